The van der Waals surface area contributed by atoms with E-state index in [0.717, 1.165) is 18.2 Å². The van der Waals surface area contributed by atoms with E-state index in [0.29, 0.717) is 11.1 Å². The van der Waals surface area contributed by atoms with Crippen LogP contribution in [0.5, 0.6) is 0 Å². The summed E-state index contributed by atoms with van der Waals surface area (Å²) in [6, 6.07) is 17.2. The number of rotatable bonds is 10. The molecule has 0 aliphatic heterocycles. The van der Waals surface area contributed by atoms with E-state index in [4.69, 9.17) is 4.74 Å². The molecule has 0 saturated heterocycles. The number of hydrogen-bond acceptors (Lipinski definition) is 7. The van der Waals surface area contributed by atoms with Gasteiger partial charge in [-0.1, -0.05) is 36.4 Å². The predicted octanol–water partition coefficient (Wildman–Crippen LogP) is 4.25. The van der Waals surface area contributed by atoms with E-state index in [2.05, 4.69) is 15.3 Å². The second-order valence-corrected chi connectivity index (χ2v) is 10.6. The molecule has 0 aliphatic carbocycles. The monoisotopic (exact) mass is 551 g/mol. The van der Waals surface area contributed by atoms with Crippen molar-refractivity contribution in [2.75, 3.05) is 24.8 Å². The fraction of sp³-hybridized carbons (Fsp3) is 0.143. The van der Waals surface area contributed by atoms with E-state index in [1.807, 2.05) is 0 Å². The first kappa shape index (κ1) is 27.7. The van der Waals surface area contributed by atoms with E-state index < -0.39 is 39.6 Å². The number of benzene rings is 3. The molecule has 11 heteroatoms. The highest BCUT2D eigenvalue weighted by atomic mass is 32.2. The molecular formula is C28H23F2N3O5S. The predicted molar refractivity (Wildman–Crippen MR) is 140 cm³/mol. The van der Waals surface area contributed by atoms with Gasteiger partial charge in [0.05, 0.1) is 23.7 Å². The van der Waals surface area contributed by atoms with E-state index in [1.54, 1.807) is 30.3 Å². The average molecular weight is 552 g/mol. The molecule has 1 amide bonds. The summed E-state index contributed by atoms with van der Waals surface area (Å²) in [4.78, 5) is 34.1. The van der Waals surface area contributed by atoms with Gasteiger partial charge in [0.1, 0.15) is 17.3 Å². The maximum atomic E-state index is 14.7. The Balaban J connectivity index is 1.58. The van der Waals surface area contributed by atoms with Crippen molar-refractivity contribution in [3.63, 3.8) is 0 Å². The molecule has 1 aromatic heterocycles. The summed E-state index contributed by atoms with van der Waals surface area (Å²) in [5, 5.41) is 2.45. The Hall–Kier alpha value is -4.35. The largest absolute Gasteiger partial charge is 0.384 e. The van der Waals surface area contributed by atoms with E-state index in [9.17, 15) is 26.8 Å². The number of amides is 1. The van der Waals surface area contributed by atoms with Crippen LogP contribution in [0.3, 0.4) is 0 Å². The van der Waals surface area contributed by atoms with Crippen LogP contribution >= 0.6 is 0 Å². The zero-order valence-corrected chi connectivity index (χ0v) is 21.5. The highest BCUT2D eigenvalue weighted by Crippen LogP contribution is 2.25. The van der Waals surface area contributed by atoms with Crippen LogP contribution in [0.1, 0.15) is 21.6 Å². The second kappa shape index (κ2) is 12.0. The molecule has 0 radical (unpaired) electrons. The van der Waals surface area contributed by atoms with Crippen molar-refractivity contribution in [2.45, 2.75) is 11.3 Å². The summed E-state index contributed by atoms with van der Waals surface area (Å²) in [5.41, 5.74) is 1.19. The van der Waals surface area contributed by atoms with E-state index in [1.165, 1.54) is 37.6 Å². The van der Waals surface area contributed by atoms with Crippen LogP contribution in [-0.2, 0) is 25.8 Å². The number of ketones is 1. The number of aromatic nitrogens is 2. The molecule has 200 valence electrons. The van der Waals surface area contributed by atoms with Gasteiger partial charge in [0.25, 0.3) is 0 Å². The first-order valence-corrected chi connectivity index (χ1v) is 13.4. The molecule has 1 heterocycles. The molecule has 0 spiro atoms. The topological polar surface area (TPSA) is 115 Å². The summed E-state index contributed by atoms with van der Waals surface area (Å²) in [7, 11) is -2.38. The molecule has 0 atom stereocenters. The molecular weight excluding hydrogens is 528 g/mol. The van der Waals surface area contributed by atoms with Gasteiger partial charge in [-0.3, -0.25) is 14.9 Å². The first-order valence-electron chi connectivity index (χ1n) is 11.7. The second-order valence-electron chi connectivity index (χ2n) is 8.45. The summed E-state index contributed by atoms with van der Waals surface area (Å²) in [6.07, 6.45) is 0.949. The Morgan fingerprint density at radius 2 is 1.69 bits per heavy atom. The fourth-order valence-electron chi connectivity index (χ4n) is 3.70. The van der Waals surface area contributed by atoms with Gasteiger partial charge in [0.2, 0.25) is 17.6 Å². The molecule has 0 unspecified atom stereocenters. The first-order chi connectivity index (χ1) is 18.7. The number of sulfone groups is 1. The summed E-state index contributed by atoms with van der Waals surface area (Å²) < 4.78 is 57.4. The molecule has 39 heavy (non-hydrogen) atoms. The number of hydrogen-bond donors (Lipinski definition) is 1. The third-order valence-corrected chi connectivity index (χ3v) is 7.41. The number of nitrogens with zero attached hydrogens (tertiary/aromatic N) is 2. The lowest BCUT2D eigenvalue weighted by atomic mass is 10.00. The zero-order chi connectivity index (χ0) is 28.0. The molecule has 0 saturated carbocycles. The van der Waals surface area contributed by atoms with Gasteiger partial charge < -0.3 is 4.74 Å². The van der Waals surface area contributed by atoms with Crippen molar-refractivity contribution < 1.29 is 31.5 Å². The van der Waals surface area contributed by atoms with Crippen LogP contribution in [0.15, 0.2) is 83.9 Å². The minimum Gasteiger partial charge on any atom is -0.384 e. The minimum atomic E-state index is -3.74. The van der Waals surface area contributed by atoms with Crippen molar-refractivity contribution >= 4 is 27.5 Å². The van der Waals surface area contributed by atoms with Crippen molar-refractivity contribution in [1.82, 2.24) is 9.97 Å². The third kappa shape index (κ3) is 6.75. The minimum absolute atomic E-state index is 0.0186. The Morgan fingerprint density at radius 3 is 2.36 bits per heavy atom. The van der Waals surface area contributed by atoms with E-state index >= 15 is 0 Å². The van der Waals surface area contributed by atoms with Gasteiger partial charge in [-0.05, 0) is 47.5 Å². The average Bonchev–Trinajstić information content (AvgIpc) is 2.93. The normalized spacial score (nSPS) is 11.3. The Bertz CT molecular complexity index is 1610. The maximum Gasteiger partial charge on any atom is 0.231 e. The highest BCUT2D eigenvalue weighted by molar-refractivity contribution is 7.91. The van der Waals surface area contributed by atoms with Gasteiger partial charge >= 0.3 is 0 Å². The lowest BCUT2D eigenvalue weighted by molar-refractivity contribution is -0.115. The lowest BCUT2D eigenvalue weighted by Crippen LogP contribution is -2.19. The van der Waals surface area contributed by atoms with Crippen LogP contribution in [-0.4, -0.2) is 49.5 Å². The van der Waals surface area contributed by atoms with Gasteiger partial charge in [-0.25, -0.2) is 27.2 Å². The van der Waals surface area contributed by atoms with Crippen LogP contribution < -0.4 is 5.32 Å². The molecule has 0 fully saturated rings. The highest BCUT2D eigenvalue weighted by Gasteiger charge is 2.21. The Kier molecular flexibility index (Phi) is 8.52. The van der Waals surface area contributed by atoms with Gasteiger partial charge in [0, 0.05) is 24.4 Å². The number of carbonyl (C=O) groups excluding carboxylic acids is 2. The number of carbonyl (C=O) groups is 2. The molecule has 3 aromatic carbocycles. The van der Waals surface area contributed by atoms with Crippen molar-refractivity contribution in [2.24, 2.45) is 0 Å². The number of ether oxygens (including phenoxy) is 1. The maximum absolute atomic E-state index is 14.7. The summed E-state index contributed by atoms with van der Waals surface area (Å²) >= 11 is 0. The standard InChI is InChI=1S/C28H23F2N3O5S/c1-38-13-14-39(36,37)22-12-9-20(24(30)16-22)15-25(34)32-28-31-17-23(18-5-3-2-4-6-18)26(33-28)27(35)19-7-10-21(29)11-8-19/h2-12,16-17H,13-15H2,1H3,(H,31,32,33,34). The van der Waals surface area contributed by atoms with Crippen molar-refractivity contribution in [3.05, 3.63) is 107 Å². The van der Waals surface area contributed by atoms with Crippen LogP contribution in [0.2, 0.25) is 0 Å². The number of halogens is 2. The fourth-order valence-corrected chi connectivity index (χ4v) is 4.88. The SMILES string of the molecule is COCCS(=O)(=O)c1ccc(CC(=O)Nc2ncc(-c3ccccc3)c(C(=O)c3ccc(F)cc3)n2)c(F)c1. The van der Waals surface area contributed by atoms with Gasteiger partial charge in [-0.2, -0.15) is 0 Å². The van der Waals surface area contributed by atoms with Gasteiger partial charge in [-0.15, -0.1) is 0 Å². The molecule has 8 nitrogen and oxygen atoms in total. The van der Waals surface area contributed by atoms with Gasteiger partial charge in [0.15, 0.2) is 9.84 Å². The number of anilines is 1. The van der Waals surface area contributed by atoms with Crippen molar-refractivity contribution in [1.29, 1.82) is 0 Å². The molecule has 4 rings (SSSR count). The molecule has 0 aliphatic rings. The number of methoxy groups -OCH3 is 1. The Morgan fingerprint density at radius 1 is 0.974 bits per heavy atom. The lowest BCUT2D eigenvalue weighted by Gasteiger charge is -2.11. The van der Waals surface area contributed by atoms with Crippen LogP contribution in [0.4, 0.5) is 14.7 Å². The number of nitrogens with one attached hydrogen (secondary N) is 1. The zero-order valence-electron chi connectivity index (χ0n) is 20.7. The van der Waals surface area contributed by atoms with Crippen LogP contribution in [0, 0.1) is 11.6 Å². The van der Waals surface area contributed by atoms with E-state index in [-0.39, 0.29) is 40.0 Å². The van der Waals surface area contributed by atoms with Crippen LogP contribution in [0.25, 0.3) is 11.1 Å². The van der Waals surface area contributed by atoms with Crippen molar-refractivity contribution in [3.8, 4) is 11.1 Å². The Labute approximate surface area is 223 Å². The smallest absolute Gasteiger partial charge is 0.231 e. The third-order valence-electron chi connectivity index (χ3n) is 5.74. The summed E-state index contributed by atoms with van der Waals surface area (Å²) in [6.45, 7) is -0.0389. The molecule has 0 bridgehead atoms. The quantitative estimate of drug-likeness (QED) is 0.293. The molecule has 1 N–H and O–H groups in total. The molecule has 4 aromatic rings. The summed E-state index contributed by atoms with van der Waals surface area (Å²) in [5.74, 6) is -3.06.